The molecule has 0 N–H and O–H groups in total. The van der Waals surface area contributed by atoms with Gasteiger partial charge in [-0.25, -0.2) is 4.98 Å². The van der Waals surface area contributed by atoms with E-state index in [-0.39, 0.29) is 5.25 Å². The van der Waals surface area contributed by atoms with Crippen molar-refractivity contribution in [3.8, 4) is 5.69 Å². The lowest BCUT2D eigenvalue weighted by Crippen LogP contribution is -2.21. The van der Waals surface area contributed by atoms with Crippen LogP contribution >= 0.6 is 11.8 Å². The largest absolute Gasteiger partial charge is 0.298 e. The molecule has 3 rings (SSSR count). The number of carbonyl (C=O) groups excluding carboxylic acids is 1. The maximum atomic E-state index is 12.0. The summed E-state index contributed by atoms with van der Waals surface area (Å²) in [5.41, 5.74) is 3.63. The third kappa shape index (κ3) is 3.05. The highest BCUT2D eigenvalue weighted by molar-refractivity contribution is 8.00. The molecule has 1 fully saturated rings. The van der Waals surface area contributed by atoms with Crippen LogP contribution in [0.15, 0.2) is 35.7 Å². The molecule has 0 saturated heterocycles. The van der Waals surface area contributed by atoms with E-state index in [9.17, 15) is 4.79 Å². The Bertz CT molecular complexity index is 663. The number of rotatable bonds is 3. The van der Waals surface area contributed by atoms with E-state index in [1.54, 1.807) is 11.8 Å². The molecule has 3 nitrogen and oxygen atoms in total. The molecule has 0 aliphatic heterocycles. The van der Waals surface area contributed by atoms with Gasteiger partial charge in [-0.3, -0.25) is 9.36 Å². The highest BCUT2D eigenvalue weighted by Gasteiger charge is 2.25. The van der Waals surface area contributed by atoms with Gasteiger partial charge in [-0.05, 0) is 38.3 Å². The van der Waals surface area contributed by atoms with Crippen LogP contribution in [0, 0.1) is 13.8 Å². The predicted octanol–water partition coefficient (Wildman–Crippen LogP) is 4.09. The number of benzene rings is 1. The molecule has 0 amide bonds. The van der Waals surface area contributed by atoms with E-state index in [1.165, 1.54) is 11.1 Å². The van der Waals surface area contributed by atoms with Crippen LogP contribution in [-0.4, -0.2) is 20.6 Å². The van der Waals surface area contributed by atoms with Gasteiger partial charge in [0.2, 0.25) is 0 Å². The van der Waals surface area contributed by atoms with E-state index < -0.39 is 0 Å². The number of aromatic nitrogens is 2. The van der Waals surface area contributed by atoms with Crippen LogP contribution in [0.1, 0.15) is 36.8 Å². The number of Topliss-reactive ketones (excluding diaryl/α,β-unsaturated/α-hetero) is 1. The molecule has 110 valence electrons. The molecule has 1 heterocycles. The van der Waals surface area contributed by atoms with Gasteiger partial charge in [0.25, 0.3) is 0 Å². The fraction of sp³-hybridized carbons (Fsp3) is 0.412. The molecule has 0 unspecified atom stereocenters. The lowest BCUT2D eigenvalue weighted by molar-refractivity contribution is -0.119. The molecule has 1 saturated carbocycles. The van der Waals surface area contributed by atoms with Gasteiger partial charge >= 0.3 is 0 Å². The summed E-state index contributed by atoms with van der Waals surface area (Å²) >= 11 is 1.62. The van der Waals surface area contributed by atoms with E-state index in [1.807, 2.05) is 12.4 Å². The summed E-state index contributed by atoms with van der Waals surface area (Å²) < 4.78 is 2.10. The molecule has 1 aromatic carbocycles. The summed E-state index contributed by atoms with van der Waals surface area (Å²) in [6.45, 7) is 4.21. The van der Waals surface area contributed by atoms with Gasteiger partial charge in [0.1, 0.15) is 5.78 Å². The van der Waals surface area contributed by atoms with Crippen LogP contribution in [-0.2, 0) is 4.79 Å². The Morgan fingerprint density at radius 2 is 2.14 bits per heavy atom. The quantitative estimate of drug-likeness (QED) is 0.856. The number of ketones is 1. The molecule has 1 aliphatic rings. The second-order valence-corrected chi connectivity index (χ2v) is 6.86. The number of thioether (sulfide) groups is 1. The summed E-state index contributed by atoms with van der Waals surface area (Å²) in [5, 5.41) is 0.993. The normalized spacial score (nSPS) is 19.0. The average Bonchev–Trinajstić information content (AvgIpc) is 2.89. The first kappa shape index (κ1) is 14.4. The van der Waals surface area contributed by atoms with Crippen molar-refractivity contribution in [2.24, 2.45) is 0 Å². The Morgan fingerprint density at radius 3 is 2.90 bits per heavy atom. The lowest BCUT2D eigenvalue weighted by Gasteiger charge is -2.20. The van der Waals surface area contributed by atoms with E-state index in [4.69, 9.17) is 0 Å². The molecule has 1 aromatic heterocycles. The van der Waals surface area contributed by atoms with Gasteiger partial charge in [0.15, 0.2) is 5.16 Å². The highest BCUT2D eigenvalue weighted by atomic mass is 32.2. The summed E-state index contributed by atoms with van der Waals surface area (Å²) in [7, 11) is 0. The molecule has 1 atom stereocenters. The van der Waals surface area contributed by atoms with Crippen LogP contribution in [0.5, 0.6) is 0 Å². The zero-order valence-corrected chi connectivity index (χ0v) is 13.3. The summed E-state index contributed by atoms with van der Waals surface area (Å²) in [5.74, 6) is 0.376. The van der Waals surface area contributed by atoms with E-state index in [0.29, 0.717) is 5.78 Å². The topological polar surface area (TPSA) is 34.9 Å². The first-order valence-corrected chi connectivity index (χ1v) is 8.33. The number of imidazole rings is 1. The minimum Gasteiger partial charge on any atom is -0.298 e. The number of aryl methyl sites for hydroxylation is 2. The van der Waals surface area contributed by atoms with Crippen LogP contribution in [0.3, 0.4) is 0 Å². The lowest BCUT2D eigenvalue weighted by atomic mass is 9.99. The molecule has 0 bridgehead atoms. The Hall–Kier alpha value is -1.55. The fourth-order valence-electron chi connectivity index (χ4n) is 2.84. The number of carbonyl (C=O) groups is 1. The van der Waals surface area contributed by atoms with Gasteiger partial charge < -0.3 is 0 Å². The van der Waals surface area contributed by atoms with Crippen molar-refractivity contribution in [2.45, 2.75) is 49.9 Å². The SMILES string of the molecule is Cc1ccc(-n2ccnc2S[C@H]2CCCCC2=O)c(C)c1. The van der Waals surface area contributed by atoms with Crippen molar-refractivity contribution in [1.82, 2.24) is 9.55 Å². The first-order valence-electron chi connectivity index (χ1n) is 7.45. The summed E-state index contributed by atoms with van der Waals surface area (Å²) in [6, 6.07) is 6.41. The maximum absolute atomic E-state index is 12.0. The van der Waals surface area contributed by atoms with Crippen molar-refractivity contribution < 1.29 is 4.79 Å². The standard InChI is InChI=1S/C17H20N2OS/c1-12-7-8-14(13(2)11-12)19-10-9-18-17(19)21-16-6-4-3-5-15(16)20/h7-11,16H,3-6H2,1-2H3/t16-/m0/s1. The van der Waals surface area contributed by atoms with Crippen molar-refractivity contribution in [2.75, 3.05) is 0 Å². The Kier molecular flexibility index (Phi) is 4.15. The molecule has 1 aliphatic carbocycles. The molecule has 0 radical (unpaired) electrons. The third-order valence-electron chi connectivity index (χ3n) is 3.96. The van der Waals surface area contributed by atoms with Crippen LogP contribution < -0.4 is 0 Å². The monoisotopic (exact) mass is 300 g/mol. The van der Waals surface area contributed by atoms with Gasteiger partial charge in [-0.1, -0.05) is 35.9 Å². The van der Waals surface area contributed by atoms with Crippen molar-refractivity contribution in [1.29, 1.82) is 0 Å². The van der Waals surface area contributed by atoms with Crippen molar-refractivity contribution >= 4 is 17.5 Å². The molecular weight excluding hydrogens is 280 g/mol. The minimum absolute atomic E-state index is 0.0747. The molecule has 2 aromatic rings. The number of hydrogen-bond donors (Lipinski definition) is 0. The molecule has 4 heteroatoms. The maximum Gasteiger partial charge on any atom is 0.173 e. The van der Waals surface area contributed by atoms with Crippen LogP contribution in [0.2, 0.25) is 0 Å². The van der Waals surface area contributed by atoms with Gasteiger partial charge in [-0.15, -0.1) is 0 Å². The summed E-state index contributed by atoms with van der Waals surface area (Å²) in [6.07, 6.45) is 7.68. The number of hydrogen-bond acceptors (Lipinski definition) is 3. The van der Waals surface area contributed by atoms with Crippen molar-refractivity contribution in [3.05, 3.63) is 41.7 Å². The van der Waals surface area contributed by atoms with E-state index in [0.717, 1.165) is 36.5 Å². The third-order valence-corrected chi connectivity index (χ3v) is 5.26. The fourth-order valence-corrected chi connectivity index (χ4v) is 4.02. The zero-order valence-electron chi connectivity index (χ0n) is 12.5. The minimum atomic E-state index is 0.0747. The smallest absolute Gasteiger partial charge is 0.173 e. The average molecular weight is 300 g/mol. The van der Waals surface area contributed by atoms with Gasteiger partial charge in [0, 0.05) is 18.8 Å². The van der Waals surface area contributed by atoms with Crippen LogP contribution in [0.25, 0.3) is 5.69 Å². The first-order chi connectivity index (χ1) is 10.1. The molecule has 0 spiro atoms. The van der Waals surface area contributed by atoms with E-state index >= 15 is 0 Å². The highest BCUT2D eigenvalue weighted by Crippen LogP contribution is 2.32. The van der Waals surface area contributed by atoms with Gasteiger partial charge in [0.05, 0.1) is 10.9 Å². The van der Waals surface area contributed by atoms with Gasteiger partial charge in [-0.2, -0.15) is 0 Å². The summed E-state index contributed by atoms with van der Waals surface area (Å²) in [4.78, 5) is 16.5. The van der Waals surface area contributed by atoms with Crippen molar-refractivity contribution in [3.63, 3.8) is 0 Å². The second kappa shape index (κ2) is 6.06. The zero-order chi connectivity index (χ0) is 14.8. The number of nitrogens with zero attached hydrogens (tertiary/aromatic N) is 2. The Morgan fingerprint density at radius 1 is 1.29 bits per heavy atom. The van der Waals surface area contributed by atoms with E-state index in [2.05, 4.69) is 41.6 Å². The predicted molar refractivity (Wildman–Crippen MR) is 86.2 cm³/mol. The Balaban J connectivity index is 1.88. The molecular formula is C17H20N2OS. The van der Waals surface area contributed by atoms with Crippen LogP contribution in [0.4, 0.5) is 0 Å². The second-order valence-electron chi connectivity index (χ2n) is 5.69. The Labute approximate surface area is 129 Å². The molecule has 21 heavy (non-hydrogen) atoms.